The quantitative estimate of drug-likeness (QED) is 0.889. The van der Waals surface area contributed by atoms with Crippen LogP contribution in [0.15, 0.2) is 30.3 Å². The summed E-state index contributed by atoms with van der Waals surface area (Å²) in [6, 6.07) is 11.3. The predicted octanol–water partition coefficient (Wildman–Crippen LogP) is 2.84. The van der Waals surface area contributed by atoms with E-state index in [1.165, 1.54) is 0 Å². The van der Waals surface area contributed by atoms with E-state index >= 15 is 0 Å². The monoisotopic (exact) mass is 296 g/mol. The molecule has 0 saturated heterocycles. The van der Waals surface area contributed by atoms with Gasteiger partial charge in [0, 0.05) is 11.4 Å². The number of nitrogens with zero attached hydrogens (tertiary/aromatic N) is 2. The van der Waals surface area contributed by atoms with Crippen molar-refractivity contribution in [1.82, 2.24) is 4.57 Å². The standard InChI is InChI=1S/C17H20N4O/c1-3-4-16-15(19)9-14(10-18)21(16)11-17(22)20-13-7-5-12(2)6-8-13/h5-9H,3-4,11,19H2,1-2H3,(H,20,22). The molecule has 0 radical (unpaired) electrons. The number of aryl methyl sites for hydroxylation is 1. The maximum atomic E-state index is 12.2. The summed E-state index contributed by atoms with van der Waals surface area (Å²) >= 11 is 0. The van der Waals surface area contributed by atoms with Gasteiger partial charge in [-0.2, -0.15) is 5.26 Å². The zero-order valence-corrected chi connectivity index (χ0v) is 12.9. The van der Waals surface area contributed by atoms with E-state index in [2.05, 4.69) is 11.4 Å². The molecule has 1 aromatic heterocycles. The van der Waals surface area contributed by atoms with Crippen molar-refractivity contribution in [3.05, 3.63) is 47.3 Å². The molecule has 0 saturated carbocycles. The van der Waals surface area contributed by atoms with Gasteiger partial charge in [-0.1, -0.05) is 31.0 Å². The zero-order chi connectivity index (χ0) is 16.1. The number of rotatable bonds is 5. The number of anilines is 2. The van der Waals surface area contributed by atoms with E-state index in [1.807, 2.05) is 38.1 Å². The minimum Gasteiger partial charge on any atom is -0.397 e. The summed E-state index contributed by atoms with van der Waals surface area (Å²) in [4.78, 5) is 12.2. The molecule has 1 heterocycles. The highest BCUT2D eigenvalue weighted by Crippen LogP contribution is 2.20. The van der Waals surface area contributed by atoms with Crippen molar-refractivity contribution in [2.75, 3.05) is 11.1 Å². The van der Waals surface area contributed by atoms with Crippen LogP contribution >= 0.6 is 0 Å². The number of nitrogens with two attached hydrogens (primary N) is 1. The smallest absolute Gasteiger partial charge is 0.244 e. The second-order valence-corrected chi connectivity index (χ2v) is 5.29. The third-order valence-corrected chi connectivity index (χ3v) is 3.48. The average Bonchev–Trinajstić information content (AvgIpc) is 2.78. The van der Waals surface area contributed by atoms with E-state index in [9.17, 15) is 10.1 Å². The molecule has 2 rings (SSSR count). The van der Waals surface area contributed by atoms with Gasteiger partial charge >= 0.3 is 0 Å². The van der Waals surface area contributed by atoms with Crippen LogP contribution in [0.4, 0.5) is 11.4 Å². The molecule has 3 N–H and O–H groups in total. The van der Waals surface area contributed by atoms with Crippen LogP contribution in [0.2, 0.25) is 0 Å². The van der Waals surface area contributed by atoms with E-state index in [-0.39, 0.29) is 12.5 Å². The van der Waals surface area contributed by atoms with E-state index in [0.29, 0.717) is 11.4 Å². The lowest BCUT2D eigenvalue weighted by molar-refractivity contribution is -0.116. The third-order valence-electron chi connectivity index (χ3n) is 3.48. The molecule has 5 nitrogen and oxygen atoms in total. The van der Waals surface area contributed by atoms with Gasteiger partial charge in [-0.15, -0.1) is 0 Å². The van der Waals surface area contributed by atoms with Crippen molar-refractivity contribution in [2.45, 2.75) is 33.2 Å². The van der Waals surface area contributed by atoms with Crippen molar-refractivity contribution in [3.63, 3.8) is 0 Å². The molecule has 22 heavy (non-hydrogen) atoms. The highest BCUT2D eigenvalue weighted by molar-refractivity contribution is 5.90. The number of aromatic nitrogens is 1. The molecule has 2 aromatic rings. The Labute approximate surface area is 130 Å². The molecule has 0 atom stereocenters. The summed E-state index contributed by atoms with van der Waals surface area (Å²) in [6.45, 7) is 4.11. The number of carbonyl (C=O) groups is 1. The highest BCUT2D eigenvalue weighted by Gasteiger charge is 2.15. The van der Waals surface area contributed by atoms with Crippen LogP contribution in [-0.4, -0.2) is 10.5 Å². The first-order valence-electron chi connectivity index (χ1n) is 7.29. The number of hydrogen-bond donors (Lipinski definition) is 2. The summed E-state index contributed by atoms with van der Waals surface area (Å²) < 4.78 is 1.70. The predicted molar refractivity (Wildman–Crippen MR) is 87.4 cm³/mol. The second-order valence-electron chi connectivity index (χ2n) is 5.29. The number of nitrogen functional groups attached to an aromatic ring is 1. The molecule has 114 valence electrons. The lowest BCUT2D eigenvalue weighted by Crippen LogP contribution is -2.21. The summed E-state index contributed by atoms with van der Waals surface area (Å²) in [6.07, 6.45) is 1.64. The van der Waals surface area contributed by atoms with E-state index in [4.69, 9.17) is 5.73 Å². The maximum Gasteiger partial charge on any atom is 0.244 e. The van der Waals surface area contributed by atoms with Crippen LogP contribution in [0.3, 0.4) is 0 Å². The fourth-order valence-corrected chi connectivity index (χ4v) is 2.38. The molecule has 0 aliphatic heterocycles. The molecule has 0 fully saturated rings. The largest absolute Gasteiger partial charge is 0.397 e. The average molecular weight is 296 g/mol. The summed E-state index contributed by atoms with van der Waals surface area (Å²) in [5.74, 6) is -0.173. The minimum atomic E-state index is -0.173. The van der Waals surface area contributed by atoms with Crippen molar-refractivity contribution >= 4 is 17.3 Å². The Morgan fingerprint density at radius 3 is 2.64 bits per heavy atom. The number of carbonyl (C=O) groups excluding carboxylic acids is 1. The minimum absolute atomic E-state index is 0.0866. The van der Waals surface area contributed by atoms with E-state index in [0.717, 1.165) is 29.8 Å². The molecular weight excluding hydrogens is 276 g/mol. The Hall–Kier alpha value is -2.74. The highest BCUT2D eigenvalue weighted by atomic mass is 16.1. The summed E-state index contributed by atoms with van der Waals surface area (Å²) in [5, 5.41) is 12.0. The normalized spacial score (nSPS) is 10.2. The molecule has 1 amide bonds. The van der Waals surface area contributed by atoms with Crippen molar-refractivity contribution in [2.24, 2.45) is 0 Å². The molecule has 0 aliphatic rings. The van der Waals surface area contributed by atoms with Gasteiger partial charge in [0.25, 0.3) is 0 Å². The lowest BCUT2D eigenvalue weighted by atomic mass is 10.2. The maximum absolute atomic E-state index is 12.2. The Balaban J connectivity index is 2.17. The van der Waals surface area contributed by atoms with E-state index in [1.54, 1.807) is 10.6 Å². The summed E-state index contributed by atoms with van der Waals surface area (Å²) in [5.41, 5.74) is 9.65. The second kappa shape index (κ2) is 6.81. The van der Waals surface area contributed by atoms with Gasteiger partial charge in [0.1, 0.15) is 18.3 Å². The van der Waals surface area contributed by atoms with Gasteiger partial charge in [-0.25, -0.2) is 0 Å². The van der Waals surface area contributed by atoms with Gasteiger partial charge in [0.2, 0.25) is 5.91 Å². The number of nitriles is 1. The van der Waals surface area contributed by atoms with Crippen molar-refractivity contribution in [1.29, 1.82) is 5.26 Å². The Kier molecular flexibility index (Phi) is 4.84. The molecule has 0 aliphatic carbocycles. The van der Waals surface area contributed by atoms with Gasteiger partial charge in [0.05, 0.1) is 5.69 Å². The molecule has 0 unspecified atom stereocenters. The van der Waals surface area contributed by atoms with Gasteiger partial charge in [-0.05, 0) is 31.5 Å². The topological polar surface area (TPSA) is 83.8 Å². The SMILES string of the molecule is CCCc1c(N)cc(C#N)n1CC(=O)Nc1ccc(C)cc1. The van der Waals surface area contributed by atoms with Gasteiger partial charge < -0.3 is 15.6 Å². The number of amides is 1. The Bertz CT molecular complexity index is 707. The van der Waals surface area contributed by atoms with Crippen LogP contribution in [0.25, 0.3) is 0 Å². The summed E-state index contributed by atoms with van der Waals surface area (Å²) in [7, 11) is 0. The van der Waals surface area contributed by atoms with Crippen LogP contribution < -0.4 is 11.1 Å². The van der Waals surface area contributed by atoms with Crippen LogP contribution in [-0.2, 0) is 17.8 Å². The van der Waals surface area contributed by atoms with Crippen molar-refractivity contribution in [3.8, 4) is 6.07 Å². The molecular formula is C17H20N4O. The fourth-order valence-electron chi connectivity index (χ4n) is 2.38. The van der Waals surface area contributed by atoms with E-state index < -0.39 is 0 Å². The third kappa shape index (κ3) is 3.47. The zero-order valence-electron chi connectivity index (χ0n) is 12.9. The van der Waals surface area contributed by atoms with Crippen molar-refractivity contribution < 1.29 is 4.79 Å². The molecule has 5 heteroatoms. The fraction of sp³-hybridized carbons (Fsp3) is 0.294. The number of hydrogen-bond acceptors (Lipinski definition) is 3. The molecule has 1 aromatic carbocycles. The Morgan fingerprint density at radius 2 is 2.05 bits per heavy atom. The molecule has 0 bridgehead atoms. The Morgan fingerprint density at radius 1 is 1.36 bits per heavy atom. The first-order chi connectivity index (χ1) is 10.5. The van der Waals surface area contributed by atoms with Gasteiger partial charge in [-0.3, -0.25) is 4.79 Å². The number of benzene rings is 1. The van der Waals surface area contributed by atoms with Crippen LogP contribution in [0, 0.1) is 18.3 Å². The van der Waals surface area contributed by atoms with Gasteiger partial charge in [0.15, 0.2) is 0 Å². The van der Waals surface area contributed by atoms with Crippen LogP contribution in [0.1, 0.15) is 30.3 Å². The first-order valence-corrected chi connectivity index (χ1v) is 7.29. The number of nitrogens with one attached hydrogen (secondary N) is 1. The van der Waals surface area contributed by atoms with Crippen LogP contribution in [0.5, 0.6) is 0 Å². The lowest BCUT2D eigenvalue weighted by Gasteiger charge is -2.11. The molecule has 0 spiro atoms. The first kappa shape index (κ1) is 15.6.